The summed E-state index contributed by atoms with van der Waals surface area (Å²) in [6, 6.07) is 0. The molecule has 0 unspecified atom stereocenters. The molecule has 3 aromatic heterocycles. The number of aromatic nitrogens is 6. The molecular weight excluding hydrogens is 292 g/mol. The van der Waals surface area contributed by atoms with Crippen molar-refractivity contribution in [3.05, 3.63) is 34.7 Å². The summed E-state index contributed by atoms with van der Waals surface area (Å²) in [7, 11) is 1.86. The van der Waals surface area contributed by atoms with E-state index < -0.39 is 0 Å². The van der Waals surface area contributed by atoms with Gasteiger partial charge < -0.3 is 4.42 Å². The molecule has 0 bridgehead atoms. The first-order valence-electron chi connectivity index (χ1n) is 6.55. The van der Waals surface area contributed by atoms with Crippen molar-refractivity contribution in [3.63, 3.8) is 0 Å². The molecule has 8 heteroatoms. The van der Waals surface area contributed by atoms with Crippen LogP contribution in [0.5, 0.6) is 0 Å². The highest BCUT2D eigenvalue weighted by Crippen LogP contribution is 2.21. The smallest absolute Gasteiger partial charge is 0.251 e. The molecule has 0 spiro atoms. The molecule has 0 radical (unpaired) electrons. The predicted molar refractivity (Wildman–Crippen MR) is 76.9 cm³/mol. The van der Waals surface area contributed by atoms with Gasteiger partial charge in [-0.2, -0.15) is 10.2 Å². The Kier molecular flexibility index (Phi) is 3.50. The van der Waals surface area contributed by atoms with Crippen LogP contribution in [0.15, 0.2) is 16.8 Å². The fraction of sp³-hybridized carbons (Fsp3) is 0.385. The fourth-order valence-electron chi connectivity index (χ4n) is 2.09. The summed E-state index contributed by atoms with van der Waals surface area (Å²) < 4.78 is 9.17. The molecule has 0 aliphatic rings. The second-order valence-corrected chi connectivity index (χ2v) is 5.29. The van der Waals surface area contributed by atoms with Gasteiger partial charge in [0.2, 0.25) is 5.89 Å². The SMILES string of the molecule is Cc1nn(CCc2nnc(-c3cn(C)nc3C)o2)cc1Cl. The predicted octanol–water partition coefficient (Wildman–Crippen LogP) is 2.18. The number of hydrogen-bond donors (Lipinski definition) is 0. The van der Waals surface area contributed by atoms with E-state index in [1.54, 1.807) is 15.6 Å². The Morgan fingerprint density at radius 2 is 1.95 bits per heavy atom. The Balaban J connectivity index is 1.72. The largest absolute Gasteiger partial charge is 0.421 e. The molecule has 3 aromatic rings. The maximum atomic E-state index is 5.97. The zero-order valence-electron chi connectivity index (χ0n) is 12.0. The van der Waals surface area contributed by atoms with Gasteiger partial charge in [-0.1, -0.05) is 11.6 Å². The second kappa shape index (κ2) is 5.33. The maximum absolute atomic E-state index is 5.97. The monoisotopic (exact) mass is 306 g/mol. The number of hydrogen-bond acceptors (Lipinski definition) is 5. The average molecular weight is 307 g/mol. The van der Waals surface area contributed by atoms with E-state index in [0.717, 1.165) is 17.0 Å². The van der Waals surface area contributed by atoms with Crippen molar-refractivity contribution in [2.45, 2.75) is 26.8 Å². The highest BCUT2D eigenvalue weighted by atomic mass is 35.5. The first kappa shape index (κ1) is 13.8. The zero-order valence-corrected chi connectivity index (χ0v) is 12.8. The van der Waals surface area contributed by atoms with Gasteiger partial charge in [-0.25, -0.2) is 0 Å². The molecule has 0 N–H and O–H groups in total. The molecule has 0 atom stereocenters. The number of rotatable bonds is 4. The lowest BCUT2D eigenvalue weighted by molar-refractivity contribution is 0.474. The van der Waals surface area contributed by atoms with Crippen molar-refractivity contribution in [2.24, 2.45) is 7.05 Å². The molecule has 0 fully saturated rings. The lowest BCUT2D eigenvalue weighted by atomic mass is 10.3. The van der Waals surface area contributed by atoms with Crippen LogP contribution in [0.2, 0.25) is 5.02 Å². The van der Waals surface area contributed by atoms with Crippen LogP contribution in [0.3, 0.4) is 0 Å². The van der Waals surface area contributed by atoms with Crippen molar-refractivity contribution >= 4 is 11.6 Å². The van der Waals surface area contributed by atoms with E-state index in [9.17, 15) is 0 Å². The summed E-state index contributed by atoms with van der Waals surface area (Å²) in [5.41, 5.74) is 2.53. The molecule has 3 heterocycles. The van der Waals surface area contributed by atoms with Gasteiger partial charge in [0, 0.05) is 32.4 Å². The molecule has 7 nitrogen and oxygen atoms in total. The van der Waals surface area contributed by atoms with Crippen molar-refractivity contribution in [1.82, 2.24) is 29.8 Å². The van der Waals surface area contributed by atoms with Crippen LogP contribution in [0.4, 0.5) is 0 Å². The normalized spacial score (nSPS) is 11.2. The van der Waals surface area contributed by atoms with Gasteiger partial charge in [-0.15, -0.1) is 10.2 Å². The summed E-state index contributed by atoms with van der Waals surface area (Å²) in [5.74, 6) is 1.06. The van der Waals surface area contributed by atoms with Gasteiger partial charge in [0.1, 0.15) is 0 Å². The Labute approximate surface area is 126 Å². The molecule has 0 aliphatic heterocycles. The van der Waals surface area contributed by atoms with Gasteiger partial charge in [-0.05, 0) is 13.8 Å². The summed E-state index contributed by atoms with van der Waals surface area (Å²) in [5, 5.41) is 17.3. The van der Waals surface area contributed by atoms with Crippen molar-refractivity contribution < 1.29 is 4.42 Å². The van der Waals surface area contributed by atoms with E-state index in [0.29, 0.717) is 29.8 Å². The molecule has 21 heavy (non-hydrogen) atoms. The third kappa shape index (κ3) is 2.82. The Bertz CT molecular complexity index is 752. The third-order valence-electron chi connectivity index (χ3n) is 3.15. The van der Waals surface area contributed by atoms with Crippen LogP contribution in [0.25, 0.3) is 11.5 Å². The Morgan fingerprint density at radius 3 is 2.57 bits per heavy atom. The van der Waals surface area contributed by atoms with E-state index in [1.165, 1.54) is 0 Å². The van der Waals surface area contributed by atoms with Crippen LogP contribution >= 0.6 is 11.6 Å². The minimum Gasteiger partial charge on any atom is -0.421 e. The quantitative estimate of drug-likeness (QED) is 0.738. The third-order valence-corrected chi connectivity index (χ3v) is 3.52. The molecule has 0 amide bonds. The van der Waals surface area contributed by atoms with Gasteiger partial charge in [0.05, 0.1) is 22.0 Å². The Hall–Kier alpha value is -2.15. The topological polar surface area (TPSA) is 74.6 Å². The average Bonchev–Trinajstić information content (AvgIpc) is 3.09. The van der Waals surface area contributed by atoms with Crippen LogP contribution in [-0.4, -0.2) is 29.8 Å². The van der Waals surface area contributed by atoms with E-state index in [-0.39, 0.29) is 0 Å². The van der Waals surface area contributed by atoms with Crippen molar-refractivity contribution in [3.8, 4) is 11.5 Å². The minimum atomic E-state index is 0.491. The van der Waals surface area contributed by atoms with Gasteiger partial charge >= 0.3 is 0 Å². The molecule has 110 valence electrons. The van der Waals surface area contributed by atoms with E-state index in [1.807, 2.05) is 27.1 Å². The molecule has 0 aromatic carbocycles. The van der Waals surface area contributed by atoms with Crippen LogP contribution < -0.4 is 0 Å². The number of nitrogens with zero attached hydrogens (tertiary/aromatic N) is 6. The highest BCUT2D eigenvalue weighted by molar-refractivity contribution is 6.31. The van der Waals surface area contributed by atoms with Crippen LogP contribution in [0, 0.1) is 13.8 Å². The van der Waals surface area contributed by atoms with Gasteiger partial charge in [0.15, 0.2) is 0 Å². The summed E-state index contributed by atoms with van der Waals surface area (Å²) in [6.07, 6.45) is 4.26. The first-order chi connectivity index (χ1) is 10.0. The van der Waals surface area contributed by atoms with E-state index in [4.69, 9.17) is 16.0 Å². The number of aryl methyl sites for hydroxylation is 5. The first-order valence-corrected chi connectivity index (χ1v) is 6.93. The van der Waals surface area contributed by atoms with E-state index >= 15 is 0 Å². The molecule has 3 rings (SSSR count). The van der Waals surface area contributed by atoms with Crippen LogP contribution in [0.1, 0.15) is 17.3 Å². The lowest BCUT2D eigenvalue weighted by Crippen LogP contribution is -2.02. The lowest BCUT2D eigenvalue weighted by Gasteiger charge is -1.96. The fourth-order valence-corrected chi connectivity index (χ4v) is 2.24. The molecule has 0 saturated carbocycles. The summed E-state index contributed by atoms with van der Waals surface area (Å²) in [4.78, 5) is 0. The molecule has 0 saturated heterocycles. The van der Waals surface area contributed by atoms with Gasteiger partial charge in [0.25, 0.3) is 5.89 Å². The highest BCUT2D eigenvalue weighted by Gasteiger charge is 2.14. The maximum Gasteiger partial charge on any atom is 0.251 e. The minimum absolute atomic E-state index is 0.491. The van der Waals surface area contributed by atoms with Gasteiger partial charge in [-0.3, -0.25) is 9.36 Å². The number of halogens is 1. The zero-order chi connectivity index (χ0) is 15.0. The Morgan fingerprint density at radius 1 is 1.14 bits per heavy atom. The molecule has 0 aliphatic carbocycles. The van der Waals surface area contributed by atoms with E-state index in [2.05, 4.69) is 20.4 Å². The summed E-state index contributed by atoms with van der Waals surface area (Å²) in [6.45, 7) is 4.42. The van der Waals surface area contributed by atoms with Crippen molar-refractivity contribution in [2.75, 3.05) is 0 Å². The van der Waals surface area contributed by atoms with Crippen molar-refractivity contribution in [1.29, 1.82) is 0 Å². The van der Waals surface area contributed by atoms with Crippen LogP contribution in [-0.2, 0) is 20.0 Å². The standard InChI is InChI=1S/C13H15ClN6O/c1-8-10(6-19(3)17-8)13-16-15-12(21-13)4-5-20-7-11(14)9(2)18-20/h6-7H,4-5H2,1-3H3. The summed E-state index contributed by atoms with van der Waals surface area (Å²) >= 11 is 5.97. The molecular formula is C13H15ClN6O. The second-order valence-electron chi connectivity index (χ2n) is 4.88.